The molecule has 0 amide bonds. The lowest BCUT2D eigenvalue weighted by Crippen LogP contribution is -2.03. The summed E-state index contributed by atoms with van der Waals surface area (Å²) in [6.07, 6.45) is 0. The van der Waals surface area contributed by atoms with Crippen LogP contribution in [0.15, 0.2) is 174 Å². The lowest BCUT2D eigenvalue weighted by molar-refractivity contribution is 0.669. The van der Waals surface area contributed by atoms with Gasteiger partial charge >= 0.3 is 0 Å². The first-order chi connectivity index (χ1) is 26.3. The summed E-state index contributed by atoms with van der Waals surface area (Å²) in [5.41, 5.74) is 10.1. The van der Waals surface area contributed by atoms with E-state index in [-0.39, 0.29) is 0 Å². The maximum atomic E-state index is 6.47. The third-order valence-electron chi connectivity index (χ3n) is 10.9. The van der Waals surface area contributed by atoms with E-state index in [1.807, 2.05) is 12.1 Å². The van der Waals surface area contributed by atoms with Crippen molar-refractivity contribution >= 4 is 87.2 Å². The molecule has 0 unspecified atom stereocenters. The highest BCUT2D eigenvalue weighted by Crippen LogP contribution is 2.46. The van der Waals surface area contributed by atoms with Gasteiger partial charge in [-0.2, -0.15) is 0 Å². The van der Waals surface area contributed by atoms with Crippen LogP contribution in [-0.2, 0) is 0 Å². The van der Waals surface area contributed by atoms with Crippen molar-refractivity contribution in [1.82, 2.24) is 19.1 Å². The van der Waals surface area contributed by atoms with Gasteiger partial charge in [-0.1, -0.05) is 115 Å². The highest BCUT2D eigenvalue weighted by Gasteiger charge is 2.25. The standard InChI is InChI=1S/C48H28N4O/c1-2-14-32(15-3-1)51-38-20-10-7-17-34(38)44-40(51)25-24-36-43-39(26-27-42-45(43)35-18-8-11-21-41(35)53-42)52(47(36)44)48-49-37-19-9-6-16-33(37)46(50-48)31-23-22-29-12-4-5-13-30(29)28-31/h1-28H. The van der Waals surface area contributed by atoms with Gasteiger partial charge in [-0.25, -0.2) is 9.97 Å². The quantitative estimate of drug-likeness (QED) is 0.187. The van der Waals surface area contributed by atoms with E-state index in [4.69, 9.17) is 14.4 Å². The number of aromatic nitrogens is 4. The number of benzene rings is 8. The molecule has 8 aromatic carbocycles. The Morgan fingerprint density at radius 1 is 0.415 bits per heavy atom. The summed E-state index contributed by atoms with van der Waals surface area (Å²) in [5, 5.41) is 10.2. The van der Waals surface area contributed by atoms with Crippen LogP contribution in [0.3, 0.4) is 0 Å². The minimum Gasteiger partial charge on any atom is -0.456 e. The molecule has 12 rings (SSSR count). The van der Waals surface area contributed by atoms with Crippen LogP contribution >= 0.6 is 0 Å². The summed E-state index contributed by atoms with van der Waals surface area (Å²) >= 11 is 0. The molecule has 0 radical (unpaired) electrons. The first-order valence-electron chi connectivity index (χ1n) is 17.9. The van der Waals surface area contributed by atoms with Gasteiger partial charge in [0.15, 0.2) is 0 Å². The Bertz CT molecular complexity index is 3460. The molecule has 0 fully saturated rings. The molecule has 0 saturated heterocycles. The topological polar surface area (TPSA) is 48.8 Å². The zero-order valence-corrected chi connectivity index (χ0v) is 28.4. The normalized spacial score (nSPS) is 12.2. The zero-order valence-electron chi connectivity index (χ0n) is 28.4. The second-order valence-electron chi connectivity index (χ2n) is 13.8. The molecule has 0 N–H and O–H groups in total. The molecule has 0 aliphatic carbocycles. The molecular weight excluding hydrogens is 649 g/mol. The predicted molar refractivity (Wildman–Crippen MR) is 218 cm³/mol. The smallest absolute Gasteiger partial charge is 0.235 e. The van der Waals surface area contributed by atoms with E-state index in [9.17, 15) is 0 Å². The summed E-state index contributed by atoms with van der Waals surface area (Å²) in [6.45, 7) is 0. The van der Waals surface area contributed by atoms with Crippen molar-refractivity contribution < 1.29 is 4.42 Å². The van der Waals surface area contributed by atoms with Crippen LogP contribution in [0.4, 0.5) is 0 Å². The van der Waals surface area contributed by atoms with Gasteiger partial charge in [0.1, 0.15) is 11.2 Å². The average molecular weight is 677 g/mol. The van der Waals surface area contributed by atoms with Gasteiger partial charge < -0.3 is 8.98 Å². The number of nitrogens with zero attached hydrogens (tertiary/aromatic N) is 4. The van der Waals surface area contributed by atoms with Crippen molar-refractivity contribution in [3.05, 3.63) is 170 Å². The Kier molecular flexibility index (Phi) is 5.71. The maximum Gasteiger partial charge on any atom is 0.235 e. The van der Waals surface area contributed by atoms with Crippen LogP contribution in [0.25, 0.3) is 110 Å². The molecule has 12 aromatic rings. The molecule has 0 atom stereocenters. The average Bonchev–Trinajstić information content (AvgIpc) is 3.88. The minimum atomic E-state index is 0.628. The molecule has 0 aliphatic heterocycles. The Morgan fingerprint density at radius 2 is 1.13 bits per heavy atom. The van der Waals surface area contributed by atoms with Crippen LogP contribution < -0.4 is 0 Å². The molecule has 53 heavy (non-hydrogen) atoms. The largest absolute Gasteiger partial charge is 0.456 e. The second-order valence-corrected chi connectivity index (χ2v) is 13.8. The van der Waals surface area contributed by atoms with Crippen molar-refractivity contribution in [1.29, 1.82) is 0 Å². The van der Waals surface area contributed by atoms with Crippen LogP contribution in [0.1, 0.15) is 0 Å². The maximum absolute atomic E-state index is 6.47. The van der Waals surface area contributed by atoms with Crippen molar-refractivity contribution in [2.24, 2.45) is 0 Å². The fraction of sp³-hybridized carbons (Fsp3) is 0. The molecular formula is C48H28N4O. The molecule has 5 nitrogen and oxygen atoms in total. The number of para-hydroxylation sites is 4. The molecule has 0 bridgehead atoms. The minimum absolute atomic E-state index is 0.628. The Balaban J connectivity index is 1.29. The van der Waals surface area contributed by atoms with Gasteiger partial charge in [0.25, 0.3) is 0 Å². The highest BCUT2D eigenvalue weighted by molar-refractivity contribution is 6.32. The Morgan fingerprint density at radius 3 is 2.04 bits per heavy atom. The van der Waals surface area contributed by atoms with Crippen LogP contribution in [0.2, 0.25) is 0 Å². The number of furan rings is 1. The Hall–Kier alpha value is -7.24. The summed E-state index contributed by atoms with van der Waals surface area (Å²) in [7, 11) is 0. The van der Waals surface area contributed by atoms with Crippen molar-refractivity contribution in [2.75, 3.05) is 0 Å². The van der Waals surface area contributed by atoms with Gasteiger partial charge in [0.05, 0.1) is 33.3 Å². The number of hydrogen-bond donors (Lipinski definition) is 0. The second kappa shape index (κ2) is 10.6. The third-order valence-corrected chi connectivity index (χ3v) is 10.9. The molecule has 5 heteroatoms. The Labute approximate surface area is 302 Å². The van der Waals surface area contributed by atoms with E-state index < -0.39 is 0 Å². The van der Waals surface area contributed by atoms with Crippen molar-refractivity contribution in [2.45, 2.75) is 0 Å². The first kappa shape index (κ1) is 28.5. The van der Waals surface area contributed by atoms with Crippen LogP contribution in [-0.4, -0.2) is 19.1 Å². The summed E-state index contributed by atoms with van der Waals surface area (Å²) in [6, 6.07) is 59.9. The van der Waals surface area contributed by atoms with E-state index in [0.717, 1.165) is 88.0 Å². The van der Waals surface area contributed by atoms with E-state index in [0.29, 0.717) is 5.95 Å². The SMILES string of the molecule is c1ccc(-n2c3ccccc3c3c2ccc2c4c5c(ccc4n(-c4nc(-c6ccc7ccccc7c6)c6ccccc6n4)c23)oc2ccccc25)cc1. The molecule has 246 valence electrons. The van der Waals surface area contributed by atoms with Crippen molar-refractivity contribution in [3.8, 4) is 22.9 Å². The van der Waals surface area contributed by atoms with Crippen LogP contribution in [0, 0.1) is 0 Å². The van der Waals surface area contributed by atoms with Gasteiger partial charge in [-0.15, -0.1) is 0 Å². The predicted octanol–water partition coefficient (Wildman–Crippen LogP) is 12.5. The molecule has 0 saturated carbocycles. The van der Waals surface area contributed by atoms with Gasteiger partial charge in [-0.05, 0) is 65.4 Å². The molecule has 4 heterocycles. The summed E-state index contributed by atoms with van der Waals surface area (Å²) < 4.78 is 11.1. The summed E-state index contributed by atoms with van der Waals surface area (Å²) in [5.74, 6) is 0.628. The monoisotopic (exact) mass is 676 g/mol. The van der Waals surface area contributed by atoms with E-state index in [2.05, 4.69) is 167 Å². The van der Waals surface area contributed by atoms with Gasteiger partial charge in [0, 0.05) is 49.0 Å². The molecule has 0 spiro atoms. The van der Waals surface area contributed by atoms with E-state index in [1.54, 1.807) is 0 Å². The first-order valence-corrected chi connectivity index (χ1v) is 17.9. The van der Waals surface area contributed by atoms with E-state index in [1.165, 1.54) is 16.2 Å². The molecule has 4 aromatic heterocycles. The lowest BCUT2D eigenvalue weighted by atomic mass is 10.0. The van der Waals surface area contributed by atoms with E-state index >= 15 is 0 Å². The molecule has 0 aliphatic rings. The van der Waals surface area contributed by atoms with Gasteiger partial charge in [0.2, 0.25) is 5.95 Å². The third kappa shape index (κ3) is 3.96. The fourth-order valence-electron chi connectivity index (χ4n) is 8.65. The number of fused-ring (bicyclic) bond motifs is 13. The van der Waals surface area contributed by atoms with Gasteiger partial charge in [-0.3, -0.25) is 4.57 Å². The highest BCUT2D eigenvalue weighted by atomic mass is 16.3. The zero-order chi connectivity index (χ0) is 34.6. The number of hydrogen-bond acceptors (Lipinski definition) is 3. The fourth-order valence-corrected chi connectivity index (χ4v) is 8.65. The number of rotatable bonds is 3. The van der Waals surface area contributed by atoms with Crippen LogP contribution in [0.5, 0.6) is 0 Å². The lowest BCUT2D eigenvalue weighted by Gasteiger charge is -2.13. The van der Waals surface area contributed by atoms with Crippen molar-refractivity contribution in [3.63, 3.8) is 0 Å². The summed E-state index contributed by atoms with van der Waals surface area (Å²) in [4.78, 5) is 10.9.